The first kappa shape index (κ1) is 20.2. The summed E-state index contributed by atoms with van der Waals surface area (Å²) in [6, 6.07) is 10.3. The van der Waals surface area contributed by atoms with Crippen molar-refractivity contribution < 1.29 is 9.84 Å². The Morgan fingerprint density at radius 3 is 2.04 bits per heavy atom. The zero-order valence-corrected chi connectivity index (χ0v) is 15.0. The smallest absolute Gasteiger partial charge is 0.0720 e. The number of hydrogen-bond acceptors (Lipinski definition) is 2. The van der Waals surface area contributed by atoms with Gasteiger partial charge in [0.15, 0.2) is 0 Å². The average Bonchev–Trinajstić information content (AvgIpc) is 2.59. The molecule has 0 fully saturated rings. The van der Waals surface area contributed by atoms with Gasteiger partial charge < -0.3 is 9.84 Å². The Hall–Kier alpha value is -0.860. The molecule has 1 aromatic carbocycles. The van der Waals surface area contributed by atoms with Gasteiger partial charge in [-0.15, -0.1) is 0 Å². The summed E-state index contributed by atoms with van der Waals surface area (Å²) < 4.78 is 5.98. The van der Waals surface area contributed by atoms with Crippen molar-refractivity contribution in [1.29, 1.82) is 0 Å². The van der Waals surface area contributed by atoms with Crippen LogP contribution in [0.15, 0.2) is 30.3 Å². The Morgan fingerprint density at radius 2 is 1.43 bits per heavy atom. The summed E-state index contributed by atoms with van der Waals surface area (Å²) in [4.78, 5) is 0. The summed E-state index contributed by atoms with van der Waals surface area (Å²) in [7, 11) is 0. The Kier molecular flexibility index (Phi) is 12.9. The normalized spacial score (nSPS) is 12.4. The highest BCUT2D eigenvalue weighted by molar-refractivity contribution is 5.13. The molecule has 0 saturated heterocycles. The lowest BCUT2D eigenvalue weighted by Gasteiger charge is -2.17. The molecule has 132 valence electrons. The molecule has 0 heterocycles. The second-order valence-corrected chi connectivity index (χ2v) is 6.55. The van der Waals surface area contributed by atoms with Crippen LogP contribution in [0.25, 0.3) is 0 Å². The fourth-order valence-electron chi connectivity index (χ4n) is 2.93. The molecule has 0 aromatic heterocycles. The third kappa shape index (κ3) is 11.3. The molecule has 0 saturated carbocycles. The lowest BCUT2D eigenvalue weighted by atomic mass is 10.0. The highest BCUT2D eigenvalue weighted by Gasteiger charge is 2.08. The van der Waals surface area contributed by atoms with Crippen LogP contribution in [0, 0.1) is 0 Å². The third-order valence-corrected chi connectivity index (χ3v) is 4.41. The van der Waals surface area contributed by atoms with E-state index < -0.39 is 0 Å². The lowest BCUT2D eigenvalue weighted by molar-refractivity contribution is 0.0174. The molecule has 1 rings (SSSR count). The van der Waals surface area contributed by atoms with E-state index in [-0.39, 0.29) is 12.7 Å². The van der Waals surface area contributed by atoms with Gasteiger partial charge in [0, 0.05) is 6.61 Å². The first-order valence-electron chi connectivity index (χ1n) is 9.63. The van der Waals surface area contributed by atoms with Gasteiger partial charge in [-0.1, -0.05) is 95.0 Å². The lowest BCUT2D eigenvalue weighted by Crippen LogP contribution is -2.14. The SMILES string of the molecule is CCCCCCCCCCC[C@@H](CCO)OCc1ccccc1. The zero-order chi connectivity index (χ0) is 16.6. The second-order valence-electron chi connectivity index (χ2n) is 6.55. The highest BCUT2D eigenvalue weighted by Crippen LogP contribution is 2.15. The minimum Gasteiger partial charge on any atom is -0.396 e. The molecule has 0 radical (unpaired) electrons. The van der Waals surface area contributed by atoms with E-state index in [0.29, 0.717) is 6.61 Å². The fourth-order valence-corrected chi connectivity index (χ4v) is 2.93. The number of aliphatic hydroxyl groups excluding tert-OH is 1. The summed E-state index contributed by atoms with van der Waals surface area (Å²) in [6.45, 7) is 3.14. The number of rotatable bonds is 15. The van der Waals surface area contributed by atoms with Gasteiger partial charge in [0.2, 0.25) is 0 Å². The van der Waals surface area contributed by atoms with Gasteiger partial charge in [0.1, 0.15) is 0 Å². The summed E-state index contributed by atoms with van der Waals surface area (Å²) in [5.41, 5.74) is 1.21. The van der Waals surface area contributed by atoms with Crippen LogP contribution in [-0.4, -0.2) is 17.8 Å². The van der Waals surface area contributed by atoms with Crippen LogP contribution in [0.1, 0.15) is 83.1 Å². The van der Waals surface area contributed by atoms with Gasteiger partial charge in [-0.25, -0.2) is 0 Å². The minimum absolute atomic E-state index is 0.199. The van der Waals surface area contributed by atoms with Gasteiger partial charge >= 0.3 is 0 Å². The molecule has 0 aliphatic rings. The quantitative estimate of drug-likeness (QED) is 0.409. The molecule has 0 unspecified atom stereocenters. The Bertz CT molecular complexity index is 350. The molecular formula is C21H36O2. The summed E-state index contributed by atoms with van der Waals surface area (Å²) in [6.07, 6.45) is 14.2. The van der Waals surface area contributed by atoms with Gasteiger partial charge in [0.25, 0.3) is 0 Å². The number of benzene rings is 1. The summed E-state index contributed by atoms with van der Waals surface area (Å²) in [5, 5.41) is 9.20. The highest BCUT2D eigenvalue weighted by atomic mass is 16.5. The van der Waals surface area contributed by atoms with E-state index in [1.54, 1.807) is 0 Å². The first-order chi connectivity index (χ1) is 11.4. The van der Waals surface area contributed by atoms with Gasteiger partial charge in [0.05, 0.1) is 12.7 Å². The van der Waals surface area contributed by atoms with E-state index in [1.165, 1.54) is 63.4 Å². The Balaban J connectivity index is 2.04. The molecule has 1 atom stereocenters. The summed E-state index contributed by atoms with van der Waals surface area (Å²) >= 11 is 0. The molecule has 0 amide bonds. The van der Waals surface area contributed by atoms with Crippen molar-refractivity contribution in [3.63, 3.8) is 0 Å². The van der Waals surface area contributed by atoms with E-state index in [4.69, 9.17) is 4.74 Å². The maximum absolute atomic E-state index is 9.20. The molecule has 0 aliphatic carbocycles. The van der Waals surface area contributed by atoms with Crippen LogP contribution in [0.5, 0.6) is 0 Å². The molecule has 0 bridgehead atoms. The van der Waals surface area contributed by atoms with E-state index in [9.17, 15) is 5.11 Å². The molecule has 1 N–H and O–H groups in total. The van der Waals surface area contributed by atoms with E-state index >= 15 is 0 Å². The van der Waals surface area contributed by atoms with Gasteiger partial charge in [-0.2, -0.15) is 0 Å². The Morgan fingerprint density at radius 1 is 0.826 bits per heavy atom. The van der Waals surface area contributed by atoms with Gasteiger partial charge in [-0.05, 0) is 18.4 Å². The number of aliphatic hydroxyl groups is 1. The molecule has 0 spiro atoms. The molecule has 23 heavy (non-hydrogen) atoms. The van der Waals surface area contributed by atoms with Crippen molar-refractivity contribution >= 4 is 0 Å². The fraction of sp³-hybridized carbons (Fsp3) is 0.714. The van der Waals surface area contributed by atoms with E-state index in [1.807, 2.05) is 18.2 Å². The topological polar surface area (TPSA) is 29.5 Å². The van der Waals surface area contributed by atoms with Crippen LogP contribution in [-0.2, 0) is 11.3 Å². The predicted molar refractivity (Wildman–Crippen MR) is 98.6 cm³/mol. The zero-order valence-electron chi connectivity index (χ0n) is 15.0. The van der Waals surface area contributed by atoms with Crippen molar-refractivity contribution in [2.24, 2.45) is 0 Å². The molecule has 2 heteroatoms. The van der Waals surface area contributed by atoms with Crippen molar-refractivity contribution in [1.82, 2.24) is 0 Å². The Labute approximate surface area is 143 Å². The average molecular weight is 321 g/mol. The number of unbranched alkanes of at least 4 members (excludes halogenated alkanes) is 8. The molecule has 0 aliphatic heterocycles. The first-order valence-corrected chi connectivity index (χ1v) is 9.63. The van der Waals surface area contributed by atoms with Crippen molar-refractivity contribution in [2.75, 3.05) is 6.61 Å². The molecular weight excluding hydrogens is 284 g/mol. The monoisotopic (exact) mass is 320 g/mol. The minimum atomic E-state index is 0.199. The largest absolute Gasteiger partial charge is 0.396 e. The number of ether oxygens (including phenoxy) is 1. The van der Waals surface area contributed by atoms with Crippen LogP contribution < -0.4 is 0 Å². The van der Waals surface area contributed by atoms with Crippen molar-refractivity contribution in [2.45, 2.75) is 90.3 Å². The summed E-state index contributed by atoms with van der Waals surface area (Å²) in [5.74, 6) is 0. The standard InChI is InChI=1S/C21H36O2/c1-2-3-4-5-6-7-8-9-13-16-21(17-18-22)23-19-20-14-11-10-12-15-20/h10-12,14-15,21-22H,2-9,13,16-19H2,1H3/t21-/m0/s1. The van der Waals surface area contributed by atoms with Crippen molar-refractivity contribution in [3.8, 4) is 0 Å². The molecule has 2 nitrogen and oxygen atoms in total. The molecule has 1 aromatic rings. The maximum atomic E-state index is 9.20. The van der Waals surface area contributed by atoms with Crippen molar-refractivity contribution in [3.05, 3.63) is 35.9 Å². The third-order valence-electron chi connectivity index (χ3n) is 4.41. The van der Waals surface area contributed by atoms with Crippen LogP contribution in [0.2, 0.25) is 0 Å². The second kappa shape index (κ2) is 14.7. The number of hydrogen-bond donors (Lipinski definition) is 1. The maximum Gasteiger partial charge on any atom is 0.0720 e. The van der Waals surface area contributed by atoms with E-state index in [2.05, 4.69) is 19.1 Å². The van der Waals surface area contributed by atoms with Crippen LogP contribution >= 0.6 is 0 Å². The predicted octanol–water partition coefficient (Wildman–Crippen LogP) is 5.88. The van der Waals surface area contributed by atoms with Crippen LogP contribution in [0.4, 0.5) is 0 Å². The van der Waals surface area contributed by atoms with E-state index in [0.717, 1.165) is 12.8 Å². The van der Waals surface area contributed by atoms with Crippen LogP contribution in [0.3, 0.4) is 0 Å². The van der Waals surface area contributed by atoms with Gasteiger partial charge in [-0.3, -0.25) is 0 Å².